The average Bonchev–Trinajstić information content (AvgIpc) is 3.47. The fraction of sp³-hybridized carbons (Fsp3) is 0.440. The number of hydrogen-bond acceptors (Lipinski definition) is 7. The second-order valence-corrected chi connectivity index (χ2v) is 12.3. The summed E-state index contributed by atoms with van der Waals surface area (Å²) < 4.78 is 27.2. The SMILES string of the molecule is Cc1ccc(S(=O)(=O)n2ccc3nc(NNC(=O)[C@@H]4CC[C@@H](CN(C(=O)O)C(C)(C)C)C4)cnc32)cc1. The molecule has 1 aliphatic rings. The molecule has 2 aromatic heterocycles. The van der Waals surface area contributed by atoms with Crippen LogP contribution in [-0.4, -0.2) is 56.4 Å². The van der Waals surface area contributed by atoms with Gasteiger partial charge in [0, 0.05) is 24.2 Å². The van der Waals surface area contributed by atoms with E-state index in [9.17, 15) is 23.1 Å². The molecule has 12 heteroatoms. The second kappa shape index (κ2) is 10.0. The molecule has 2 heterocycles. The fourth-order valence-electron chi connectivity index (χ4n) is 4.57. The van der Waals surface area contributed by atoms with E-state index in [-0.39, 0.29) is 34.1 Å². The van der Waals surface area contributed by atoms with E-state index in [0.29, 0.717) is 24.9 Å². The first-order valence-corrected chi connectivity index (χ1v) is 13.5. The van der Waals surface area contributed by atoms with E-state index in [0.717, 1.165) is 16.0 Å². The van der Waals surface area contributed by atoms with Gasteiger partial charge in [-0.25, -0.2) is 27.2 Å². The molecule has 1 fully saturated rings. The van der Waals surface area contributed by atoms with Crippen molar-refractivity contribution in [2.45, 2.75) is 57.4 Å². The zero-order valence-corrected chi connectivity index (χ0v) is 22.1. The molecular formula is C25H32N6O5S. The van der Waals surface area contributed by atoms with Crippen LogP contribution in [0.25, 0.3) is 11.2 Å². The van der Waals surface area contributed by atoms with Gasteiger partial charge in [-0.1, -0.05) is 17.7 Å². The number of carboxylic acid groups (broad SMARTS) is 1. The first kappa shape index (κ1) is 26.4. The van der Waals surface area contributed by atoms with E-state index in [1.165, 1.54) is 17.3 Å². The third kappa shape index (κ3) is 5.68. The summed E-state index contributed by atoms with van der Waals surface area (Å²) in [5.41, 5.74) is 6.39. The molecule has 1 aromatic carbocycles. The molecule has 0 saturated heterocycles. The van der Waals surface area contributed by atoms with E-state index in [4.69, 9.17) is 0 Å². The number of aryl methyl sites for hydroxylation is 1. The van der Waals surface area contributed by atoms with Crippen LogP contribution in [0.2, 0.25) is 0 Å². The van der Waals surface area contributed by atoms with Crippen molar-refractivity contribution in [1.82, 2.24) is 24.3 Å². The van der Waals surface area contributed by atoms with Crippen molar-refractivity contribution < 1.29 is 23.1 Å². The molecule has 1 aliphatic carbocycles. The number of aromatic nitrogens is 3. The van der Waals surface area contributed by atoms with Crippen LogP contribution >= 0.6 is 0 Å². The number of carbonyl (C=O) groups is 2. The molecule has 3 N–H and O–H groups in total. The molecule has 0 radical (unpaired) electrons. The van der Waals surface area contributed by atoms with E-state index < -0.39 is 21.7 Å². The smallest absolute Gasteiger partial charge is 0.407 e. The van der Waals surface area contributed by atoms with E-state index >= 15 is 0 Å². The maximum absolute atomic E-state index is 13.0. The summed E-state index contributed by atoms with van der Waals surface area (Å²) in [6.07, 6.45) is 3.83. The van der Waals surface area contributed by atoms with Crippen LogP contribution in [-0.2, 0) is 14.8 Å². The number of benzene rings is 1. The molecule has 198 valence electrons. The van der Waals surface area contributed by atoms with Gasteiger partial charge in [0.15, 0.2) is 11.5 Å². The first-order chi connectivity index (χ1) is 17.4. The second-order valence-electron chi connectivity index (χ2n) is 10.4. The Kier molecular flexibility index (Phi) is 7.13. The summed E-state index contributed by atoms with van der Waals surface area (Å²) in [7, 11) is -3.83. The monoisotopic (exact) mass is 528 g/mol. The van der Waals surface area contributed by atoms with Gasteiger partial charge in [-0.15, -0.1) is 0 Å². The minimum Gasteiger partial charge on any atom is -0.465 e. The molecule has 0 unspecified atom stereocenters. The minimum atomic E-state index is -3.83. The van der Waals surface area contributed by atoms with Crippen LogP contribution < -0.4 is 10.9 Å². The summed E-state index contributed by atoms with van der Waals surface area (Å²) in [6, 6.07) is 8.10. The van der Waals surface area contributed by atoms with Gasteiger partial charge in [-0.2, -0.15) is 0 Å². The lowest BCUT2D eigenvalue weighted by molar-refractivity contribution is -0.124. The molecular weight excluding hydrogens is 496 g/mol. The first-order valence-electron chi connectivity index (χ1n) is 12.1. The Morgan fingerprint density at radius 2 is 1.86 bits per heavy atom. The number of rotatable bonds is 7. The van der Waals surface area contributed by atoms with Crippen LogP contribution in [0.5, 0.6) is 0 Å². The third-order valence-electron chi connectivity index (χ3n) is 6.64. The summed E-state index contributed by atoms with van der Waals surface area (Å²) in [6.45, 7) is 7.84. The Bertz CT molecular complexity index is 1410. The number of amides is 2. The van der Waals surface area contributed by atoms with Crippen molar-refractivity contribution in [3.05, 3.63) is 48.3 Å². The van der Waals surface area contributed by atoms with Crippen LogP contribution in [0, 0.1) is 18.8 Å². The van der Waals surface area contributed by atoms with E-state index in [1.807, 2.05) is 27.7 Å². The van der Waals surface area contributed by atoms with Crippen LogP contribution in [0.1, 0.15) is 45.6 Å². The van der Waals surface area contributed by atoms with Gasteiger partial charge in [0.25, 0.3) is 10.0 Å². The van der Waals surface area contributed by atoms with E-state index in [2.05, 4.69) is 20.8 Å². The number of hydrazine groups is 1. The van der Waals surface area contributed by atoms with Gasteiger partial charge >= 0.3 is 6.09 Å². The van der Waals surface area contributed by atoms with Crippen LogP contribution in [0.15, 0.2) is 47.6 Å². The Morgan fingerprint density at radius 3 is 2.51 bits per heavy atom. The highest BCUT2D eigenvalue weighted by Gasteiger charge is 2.35. The quantitative estimate of drug-likeness (QED) is 0.394. The lowest BCUT2D eigenvalue weighted by Crippen LogP contribution is -2.47. The Hall–Kier alpha value is -3.67. The largest absolute Gasteiger partial charge is 0.465 e. The molecule has 0 bridgehead atoms. The van der Waals surface area contributed by atoms with Crippen molar-refractivity contribution in [1.29, 1.82) is 0 Å². The maximum Gasteiger partial charge on any atom is 0.407 e. The molecule has 3 aromatic rings. The lowest BCUT2D eigenvalue weighted by atomic mass is 10.0. The van der Waals surface area contributed by atoms with Gasteiger partial charge in [0.1, 0.15) is 5.52 Å². The molecule has 11 nitrogen and oxygen atoms in total. The predicted molar refractivity (Wildman–Crippen MR) is 138 cm³/mol. The van der Waals surface area contributed by atoms with Gasteiger partial charge in [-0.05, 0) is 71.1 Å². The van der Waals surface area contributed by atoms with Crippen molar-refractivity contribution in [2.75, 3.05) is 12.0 Å². The normalized spacial score (nSPS) is 18.1. The molecule has 4 rings (SSSR count). The van der Waals surface area contributed by atoms with Crippen molar-refractivity contribution in [3.8, 4) is 0 Å². The van der Waals surface area contributed by atoms with Gasteiger partial charge < -0.3 is 10.0 Å². The number of hydrogen-bond donors (Lipinski definition) is 3. The number of nitrogens with zero attached hydrogens (tertiary/aromatic N) is 4. The summed E-state index contributed by atoms with van der Waals surface area (Å²) in [4.78, 5) is 34.6. The highest BCUT2D eigenvalue weighted by Crippen LogP contribution is 2.33. The highest BCUT2D eigenvalue weighted by atomic mass is 32.2. The number of anilines is 1. The lowest BCUT2D eigenvalue weighted by Gasteiger charge is -2.35. The zero-order chi connectivity index (χ0) is 27.0. The third-order valence-corrected chi connectivity index (χ3v) is 8.32. The molecule has 2 amide bonds. The van der Waals surface area contributed by atoms with Gasteiger partial charge in [-0.3, -0.25) is 15.6 Å². The Labute approximate surface area is 215 Å². The Morgan fingerprint density at radius 1 is 1.16 bits per heavy atom. The summed E-state index contributed by atoms with van der Waals surface area (Å²) >= 11 is 0. The van der Waals surface area contributed by atoms with Crippen LogP contribution in [0.3, 0.4) is 0 Å². The maximum atomic E-state index is 13.0. The highest BCUT2D eigenvalue weighted by molar-refractivity contribution is 7.90. The molecule has 37 heavy (non-hydrogen) atoms. The topological polar surface area (TPSA) is 147 Å². The van der Waals surface area contributed by atoms with Crippen molar-refractivity contribution in [2.24, 2.45) is 11.8 Å². The average molecular weight is 529 g/mol. The standard InChI is InChI=1S/C25H32N6O5S/c1-16-5-9-19(10-6-16)37(35,36)31-12-11-20-22(31)26-14-21(27-20)28-29-23(32)18-8-7-17(13-18)15-30(24(33)34)25(2,3)4/h5-6,9-12,14,17-18H,7-8,13,15H2,1-4H3,(H,27,28)(H,29,32)(H,33,34)/t17-,18-/m1/s1. The van der Waals surface area contributed by atoms with Gasteiger partial charge in [0.05, 0.1) is 11.1 Å². The number of fused-ring (bicyclic) bond motifs is 1. The predicted octanol–water partition coefficient (Wildman–Crippen LogP) is 3.61. The van der Waals surface area contributed by atoms with Crippen molar-refractivity contribution >= 4 is 39.0 Å². The summed E-state index contributed by atoms with van der Waals surface area (Å²) in [5.74, 6) is -0.0739. The molecule has 0 spiro atoms. The van der Waals surface area contributed by atoms with Gasteiger partial charge in [0.2, 0.25) is 5.91 Å². The fourth-order valence-corrected chi connectivity index (χ4v) is 5.87. The summed E-state index contributed by atoms with van der Waals surface area (Å²) in [5, 5.41) is 9.53. The van der Waals surface area contributed by atoms with Crippen LogP contribution in [0.4, 0.5) is 10.6 Å². The zero-order valence-electron chi connectivity index (χ0n) is 21.3. The minimum absolute atomic E-state index is 0.109. The van der Waals surface area contributed by atoms with E-state index in [1.54, 1.807) is 30.3 Å². The Balaban J connectivity index is 1.38. The molecule has 2 atom stereocenters. The van der Waals surface area contributed by atoms with Crippen molar-refractivity contribution in [3.63, 3.8) is 0 Å². The molecule has 0 aliphatic heterocycles. The number of carbonyl (C=O) groups excluding carboxylic acids is 1. The number of nitrogens with one attached hydrogen (secondary N) is 2. The molecule has 1 saturated carbocycles.